The van der Waals surface area contributed by atoms with Crippen LogP contribution in [0.4, 0.5) is 10.5 Å². The SMILES string of the molecule is Cc1cc(C)c(N2CCN(C(=O)NCc3ccccn3)CC2)c(Cl)c1. The fraction of sp³-hybridized carbons (Fsp3) is 0.368. The van der Waals surface area contributed by atoms with Gasteiger partial charge in [-0.3, -0.25) is 4.98 Å². The highest BCUT2D eigenvalue weighted by molar-refractivity contribution is 6.33. The summed E-state index contributed by atoms with van der Waals surface area (Å²) in [6, 6.07) is 9.78. The van der Waals surface area contributed by atoms with Crippen molar-refractivity contribution in [2.45, 2.75) is 20.4 Å². The molecule has 3 rings (SSSR count). The smallest absolute Gasteiger partial charge is 0.317 e. The van der Waals surface area contributed by atoms with Crippen molar-refractivity contribution in [2.24, 2.45) is 0 Å². The van der Waals surface area contributed by atoms with Crippen molar-refractivity contribution in [1.82, 2.24) is 15.2 Å². The number of nitrogens with one attached hydrogen (secondary N) is 1. The molecule has 132 valence electrons. The van der Waals surface area contributed by atoms with Crippen molar-refractivity contribution in [3.05, 3.63) is 58.4 Å². The van der Waals surface area contributed by atoms with Crippen LogP contribution in [0.25, 0.3) is 0 Å². The van der Waals surface area contributed by atoms with E-state index in [1.165, 1.54) is 11.1 Å². The number of piperazine rings is 1. The van der Waals surface area contributed by atoms with Crippen molar-refractivity contribution in [3.63, 3.8) is 0 Å². The van der Waals surface area contributed by atoms with Gasteiger partial charge in [0.2, 0.25) is 0 Å². The van der Waals surface area contributed by atoms with Crippen molar-refractivity contribution < 1.29 is 4.79 Å². The van der Waals surface area contributed by atoms with Gasteiger partial charge in [0, 0.05) is 32.4 Å². The summed E-state index contributed by atoms with van der Waals surface area (Å²) in [6.07, 6.45) is 1.73. The number of pyridine rings is 1. The number of benzene rings is 1. The zero-order chi connectivity index (χ0) is 17.8. The standard InChI is InChI=1S/C19H23ClN4O/c1-14-11-15(2)18(17(20)12-14)23-7-9-24(10-8-23)19(25)22-13-16-5-3-4-6-21-16/h3-6,11-12H,7-10,13H2,1-2H3,(H,22,25). The van der Waals surface area contributed by atoms with Gasteiger partial charge in [0.15, 0.2) is 0 Å². The summed E-state index contributed by atoms with van der Waals surface area (Å²) < 4.78 is 0. The Bertz CT molecular complexity index is 719. The second kappa shape index (κ2) is 7.74. The number of hydrogen-bond donors (Lipinski definition) is 1. The third-order valence-corrected chi connectivity index (χ3v) is 4.72. The molecule has 0 spiro atoms. The molecule has 1 aliphatic rings. The third-order valence-electron chi connectivity index (χ3n) is 4.43. The minimum atomic E-state index is -0.0444. The Morgan fingerprint density at radius 1 is 1.20 bits per heavy atom. The molecule has 5 nitrogen and oxygen atoms in total. The van der Waals surface area contributed by atoms with E-state index in [2.05, 4.69) is 28.2 Å². The van der Waals surface area contributed by atoms with Crippen molar-refractivity contribution in [1.29, 1.82) is 0 Å². The highest BCUT2D eigenvalue weighted by Gasteiger charge is 2.23. The van der Waals surface area contributed by atoms with Gasteiger partial charge in [-0.2, -0.15) is 0 Å². The Hall–Kier alpha value is -2.27. The Kier molecular flexibility index (Phi) is 5.43. The summed E-state index contributed by atoms with van der Waals surface area (Å²) in [5, 5.41) is 3.72. The molecule has 1 aromatic heterocycles. The first-order valence-corrected chi connectivity index (χ1v) is 8.87. The highest BCUT2D eigenvalue weighted by atomic mass is 35.5. The molecule has 0 saturated carbocycles. The summed E-state index contributed by atoms with van der Waals surface area (Å²) in [7, 11) is 0. The van der Waals surface area contributed by atoms with Gasteiger partial charge in [-0.05, 0) is 43.2 Å². The molecule has 1 saturated heterocycles. The molecule has 0 aliphatic carbocycles. The van der Waals surface area contributed by atoms with Crippen molar-refractivity contribution in [3.8, 4) is 0 Å². The average molecular weight is 359 g/mol. The first-order valence-electron chi connectivity index (χ1n) is 8.49. The van der Waals surface area contributed by atoms with Crippen LogP contribution in [0, 0.1) is 13.8 Å². The fourth-order valence-electron chi connectivity index (χ4n) is 3.22. The van der Waals surface area contributed by atoms with Crippen LogP contribution in [-0.4, -0.2) is 42.1 Å². The zero-order valence-electron chi connectivity index (χ0n) is 14.6. The summed E-state index contributed by atoms with van der Waals surface area (Å²) in [6.45, 7) is 7.49. The lowest BCUT2D eigenvalue weighted by molar-refractivity contribution is 0.194. The summed E-state index contributed by atoms with van der Waals surface area (Å²) in [5.41, 5.74) is 4.29. The Morgan fingerprint density at radius 2 is 1.96 bits per heavy atom. The summed E-state index contributed by atoms with van der Waals surface area (Å²) >= 11 is 6.44. The molecular formula is C19H23ClN4O. The Balaban J connectivity index is 1.56. The quantitative estimate of drug-likeness (QED) is 0.915. The number of nitrogens with zero attached hydrogens (tertiary/aromatic N) is 3. The zero-order valence-corrected chi connectivity index (χ0v) is 15.4. The molecule has 1 fully saturated rings. The molecule has 2 amide bonds. The lowest BCUT2D eigenvalue weighted by atomic mass is 10.1. The van der Waals surface area contributed by atoms with Gasteiger partial charge in [0.05, 0.1) is 22.9 Å². The normalized spacial score (nSPS) is 14.5. The predicted molar refractivity (Wildman–Crippen MR) is 101 cm³/mol. The summed E-state index contributed by atoms with van der Waals surface area (Å²) in [4.78, 5) is 20.7. The number of rotatable bonds is 3. The average Bonchev–Trinajstić information content (AvgIpc) is 2.60. The maximum Gasteiger partial charge on any atom is 0.317 e. The molecule has 0 atom stereocenters. The third kappa shape index (κ3) is 4.23. The number of anilines is 1. The van der Waals surface area contributed by atoms with Gasteiger partial charge in [-0.1, -0.05) is 23.7 Å². The van der Waals surface area contributed by atoms with Crippen molar-refractivity contribution in [2.75, 3.05) is 31.1 Å². The molecular weight excluding hydrogens is 336 g/mol. The number of amides is 2. The van der Waals surface area contributed by atoms with Gasteiger partial charge in [0.25, 0.3) is 0 Å². The van der Waals surface area contributed by atoms with E-state index in [-0.39, 0.29) is 6.03 Å². The van der Waals surface area contributed by atoms with E-state index in [9.17, 15) is 4.79 Å². The van der Waals surface area contributed by atoms with E-state index in [1.54, 1.807) is 6.20 Å². The van der Waals surface area contributed by atoms with Crippen LogP contribution in [0.1, 0.15) is 16.8 Å². The number of hydrogen-bond acceptors (Lipinski definition) is 3. The van der Waals surface area contributed by atoms with Gasteiger partial charge < -0.3 is 15.1 Å². The minimum Gasteiger partial charge on any atom is -0.367 e. The number of urea groups is 1. The van der Waals surface area contributed by atoms with Crippen LogP contribution in [0.15, 0.2) is 36.5 Å². The molecule has 0 unspecified atom stereocenters. The molecule has 2 heterocycles. The minimum absolute atomic E-state index is 0.0444. The van der Waals surface area contributed by atoms with E-state index >= 15 is 0 Å². The molecule has 6 heteroatoms. The predicted octanol–water partition coefficient (Wildman–Crippen LogP) is 3.38. The maximum absolute atomic E-state index is 12.3. The fourth-order valence-corrected chi connectivity index (χ4v) is 3.66. The van der Waals surface area contributed by atoms with E-state index in [0.29, 0.717) is 19.6 Å². The van der Waals surface area contributed by atoms with Crippen LogP contribution in [-0.2, 0) is 6.54 Å². The van der Waals surface area contributed by atoms with Gasteiger partial charge >= 0.3 is 6.03 Å². The molecule has 1 N–H and O–H groups in total. The van der Waals surface area contributed by atoms with E-state index in [0.717, 1.165) is 29.5 Å². The number of carbonyl (C=O) groups excluding carboxylic acids is 1. The summed E-state index contributed by atoms with van der Waals surface area (Å²) in [5.74, 6) is 0. The number of carbonyl (C=O) groups is 1. The monoisotopic (exact) mass is 358 g/mol. The van der Waals surface area contributed by atoms with Crippen molar-refractivity contribution >= 4 is 23.3 Å². The lowest BCUT2D eigenvalue weighted by Crippen LogP contribution is -2.52. The van der Waals surface area contributed by atoms with Crippen LogP contribution in [0.2, 0.25) is 5.02 Å². The van der Waals surface area contributed by atoms with E-state index in [4.69, 9.17) is 11.6 Å². The molecule has 0 bridgehead atoms. The largest absolute Gasteiger partial charge is 0.367 e. The second-order valence-corrected chi connectivity index (χ2v) is 6.77. The lowest BCUT2D eigenvalue weighted by Gasteiger charge is -2.37. The maximum atomic E-state index is 12.3. The van der Waals surface area contributed by atoms with Crippen LogP contribution >= 0.6 is 11.6 Å². The topological polar surface area (TPSA) is 48.5 Å². The van der Waals surface area contributed by atoms with Gasteiger partial charge in [-0.15, -0.1) is 0 Å². The van der Waals surface area contributed by atoms with E-state index in [1.807, 2.05) is 36.1 Å². The number of aromatic nitrogens is 1. The highest BCUT2D eigenvalue weighted by Crippen LogP contribution is 2.31. The van der Waals surface area contributed by atoms with Crippen LogP contribution in [0.3, 0.4) is 0 Å². The first-order chi connectivity index (χ1) is 12.0. The van der Waals surface area contributed by atoms with Gasteiger partial charge in [-0.25, -0.2) is 4.79 Å². The molecule has 1 aromatic carbocycles. The Labute approximate surface area is 153 Å². The van der Waals surface area contributed by atoms with Gasteiger partial charge in [0.1, 0.15) is 0 Å². The number of aryl methyl sites for hydroxylation is 2. The Morgan fingerprint density at radius 3 is 2.60 bits per heavy atom. The molecule has 25 heavy (non-hydrogen) atoms. The second-order valence-electron chi connectivity index (χ2n) is 6.37. The van der Waals surface area contributed by atoms with E-state index < -0.39 is 0 Å². The number of halogens is 1. The molecule has 1 aliphatic heterocycles. The van der Waals surface area contributed by atoms with Crippen LogP contribution in [0.5, 0.6) is 0 Å². The first kappa shape index (κ1) is 17.5. The molecule has 0 radical (unpaired) electrons. The molecule has 2 aromatic rings. The van der Waals surface area contributed by atoms with Crippen LogP contribution < -0.4 is 10.2 Å².